The van der Waals surface area contributed by atoms with Gasteiger partial charge in [-0.15, -0.1) is 0 Å². The number of hydrogen-bond donors (Lipinski definition) is 1. The first-order chi connectivity index (χ1) is 14.2. The molecule has 0 saturated heterocycles. The molecule has 1 aliphatic rings. The van der Waals surface area contributed by atoms with Crippen molar-refractivity contribution in [2.24, 2.45) is 5.92 Å². The van der Waals surface area contributed by atoms with Crippen molar-refractivity contribution in [1.29, 1.82) is 0 Å². The Morgan fingerprint density at radius 3 is 2.28 bits per heavy atom. The maximum Gasteiger partial charge on any atom is 0.224 e. The normalized spacial score (nSPS) is 18.0. The number of benzene rings is 2. The van der Waals surface area contributed by atoms with E-state index in [0.717, 1.165) is 25.7 Å². The molecule has 2 aromatic carbocycles. The van der Waals surface area contributed by atoms with Crippen LogP contribution in [0.3, 0.4) is 0 Å². The predicted octanol–water partition coefficient (Wildman–Crippen LogP) is 4.92. The van der Waals surface area contributed by atoms with Crippen LogP contribution in [0.15, 0.2) is 85.2 Å². The van der Waals surface area contributed by atoms with E-state index in [1.165, 1.54) is 16.7 Å². The Hall–Kier alpha value is -2.94. The van der Waals surface area contributed by atoms with E-state index >= 15 is 0 Å². The lowest BCUT2D eigenvalue weighted by molar-refractivity contribution is -0.123. The first kappa shape index (κ1) is 19.4. The van der Waals surface area contributed by atoms with Gasteiger partial charge in [0.2, 0.25) is 5.91 Å². The lowest BCUT2D eigenvalue weighted by Crippen LogP contribution is -2.35. The molecule has 2 atom stereocenters. The van der Waals surface area contributed by atoms with E-state index < -0.39 is 0 Å². The highest BCUT2D eigenvalue weighted by atomic mass is 16.2. The van der Waals surface area contributed by atoms with Crippen LogP contribution in [0.1, 0.15) is 42.9 Å². The number of pyridine rings is 1. The largest absolute Gasteiger partial charge is 0.353 e. The summed E-state index contributed by atoms with van der Waals surface area (Å²) in [7, 11) is 0. The molecular weight excluding hydrogens is 356 g/mol. The number of amides is 1. The molecule has 1 fully saturated rings. The van der Waals surface area contributed by atoms with Gasteiger partial charge in [0, 0.05) is 23.9 Å². The fourth-order valence-corrected chi connectivity index (χ4v) is 4.43. The van der Waals surface area contributed by atoms with Crippen LogP contribution in [-0.2, 0) is 16.6 Å². The summed E-state index contributed by atoms with van der Waals surface area (Å²) >= 11 is 0. The van der Waals surface area contributed by atoms with Gasteiger partial charge >= 0.3 is 0 Å². The molecule has 0 spiro atoms. The van der Waals surface area contributed by atoms with Crippen molar-refractivity contribution in [3.05, 3.63) is 102 Å². The number of nitrogens with zero attached hydrogens (tertiary/aromatic N) is 1. The van der Waals surface area contributed by atoms with Crippen LogP contribution in [-0.4, -0.2) is 16.9 Å². The first-order valence-corrected chi connectivity index (χ1v) is 10.5. The van der Waals surface area contributed by atoms with Crippen molar-refractivity contribution in [3.8, 4) is 0 Å². The monoisotopic (exact) mass is 384 g/mol. The zero-order chi connectivity index (χ0) is 20.1. The summed E-state index contributed by atoms with van der Waals surface area (Å²) in [5.74, 6) is 0.166. The van der Waals surface area contributed by atoms with Gasteiger partial charge in [-0.05, 0) is 55.4 Å². The zero-order valence-electron chi connectivity index (χ0n) is 16.9. The van der Waals surface area contributed by atoms with Gasteiger partial charge in [-0.25, -0.2) is 0 Å². The lowest BCUT2D eigenvalue weighted by Gasteiger charge is -2.20. The third kappa shape index (κ3) is 4.24. The van der Waals surface area contributed by atoms with Crippen LogP contribution in [0.4, 0.5) is 0 Å². The SMILES string of the molecule is C[C@@H](CCCc1cccnc1)NC(=O)[C@@H]1CC1(c1ccccc1)c1ccccc1. The van der Waals surface area contributed by atoms with E-state index in [0.29, 0.717) is 0 Å². The number of aryl methyl sites for hydroxylation is 1. The van der Waals surface area contributed by atoms with Gasteiger partial charge < -0.3 is 5.32 Å². The van der Waals surface area contributed by atoms with Gasteiger partial charge in [0.05, 0.1) is 5.92 Å². The van der Waals surface area contributed by atoms with Gasteiger partial charge in [-0.2, -0.15) is 0 Å². The molecule has 0 aliphatic heterocycles. The molecule has 3 heteroatoms. The molecule has 148 valence electrons. The Morgan fingerprint density at radius 1 is 1.03 bits per heavy atom. The molecule has 1 aromatic heterocycles. The van der Waals surface area contributed by atoms with Gasteiger partial charge in [-0.3, -0.25) is 9.78 Å². The molecule has 0 radical (unpaired) electrons. The van der Waals surface area contributed by atoms with Gasteiger partial charge in [0.15, 0.2) is 0 Å². The van der Waals surface area contributed by atoms with Crippen LogP contribution in [0.2, 0.25) is 0 Å². The summed E-state index contributed by atoms with van der Waals surface area (Å²) in [6.45, 7) is 2.11. The fraction of sp³-hybridized carbons (Fsp3) is 0.308. The Kier molecular flexibility index (Phi) is 5.75. The summed E-state index contributed by atoms with van der Waals surface area (Å²) in [6, 6.07) is 25.2. The minimum absolute atomic E-state index is 0.00641. The highest BCUT2D eigenvalue weighted by molar-refractivity contribution is 5.86. The highest BCUT2D eigenvalue weighted by Gasteiger charge is 2.60. The molecular formula is C26H28N2O. The lowest BCUT2D eigenvalue weighted by atomic mass is 9.85. The molecule has 1 N–H and O–H groups in total. The van der Waals surface area contributed by atoms with Gasteiger partial charge in [0.1, 0.15) is 0 Å². The zero-order valence-corrected chi connectivity index (χ0v) is 16.9. The minimum Gasteiger partial charge on any atom is -0.353 e. The highest BCUT2D eigenvalue weighted by Crippen LogP contribution is 2.58. The number of nitrogens with one attached hydrogen (secondary N) is 1. The smallest absolute Gasteiger partial charge is 0.224 e. The summed E-state index contributed by atoms with van der Waals surface area (Å²) in [5, 5.41) is 3.27. The third-order valence-electron chi connectivity index (χ3n) is 6.07. The van der Waals surface area contributed by atoms with E-state index in [9.17, 15) is 4.79 Å². The number of hydrogen-bond acceptors (Lipinski definition) is 2. The van der Waals surface area contributed by atoms with Crippen LogP contribution >= 0.6 is 0 Å². The Morgan fingerprint density at radius 2 is 1.69 bits per heavy atom. The van der Waals surface area contributed by atoms with E-state index in [1.807, 2.05) is 24.4 Å². The molecule has 1 amide bonds. The second-order valence-corrected chi connectivity index (χ2v) is 8.12. The summed E-state index contributed by atoms with van der Waals surface area (Å²) in [6.07, 6.45) is 7.59. The molecule has 29 heavy (non-hydrogen) atoms. The van der Waals surface area contributed by atoms with Crippen molar-refractivity contribution in [3.63, 3.8) is 0 Å². The molecule has 0 unspecified atom stereocenters. The maximum absolute atomic E-state index is 13.1. The predicted molar refractivity (Wildman–Crippen MR) is 117 cm³/mol. The fourth-order valence-electron chi connectivity index (χ4n) is 4.43. The number of rotatable bonds is 8. The molecule has 1 saturated carbocycles. The molecule has 0 bridgehead atoms. The van der Waals surface area contributed by atoms with Crippen molar-refractivity contribution in [1.82, 2.24) is 10.3 Å². The molecule has 4 rings (SSSR count). The van der Waals surface area contributed by atoms with Crippen LogP contribution in [0, 0.1) is 5.92 Å². The molecule has 1 heterocycles. The van der Waals surface area contributed by atoms with E-state index in [4.69, 9.17) is 0 Å². The van der Waals surface area contributed by atoms with Crippen molar-refractivity contribution in [2.75, 3.05) is 0 Å². The van der Waals surface area contributed by atoms with Crippen molar-refractivity contribution in [2.45, 2.75) is 44.1 Å². The third-order valence-corrected chi connectivity index (χ3v) is 6.07. The Labute approximate surface area is 173 Å². The number of carbonyl (C=O) groups excluding carboxylic acids is 1. The van der Waals surface area contributed by atoms with E-state index in [1.54, 1.807) is 6.20 Å². The molecule has 3 nitrogen and oxygen atoms in total. The quantitative estimate of drug-likeness (QED) is 0.599. The summed E-state index contributed by atoms with van der Waals surface area (Å²) < 4.78 is 0. The second kappa shape index (κ2) is 8.60. The molecule has 3 aromatic rings. The standard InChI is InChI=1S/C26H28N2O/c1-20(10-8-11-21-12-9-17-27-19-21)28-25(29)24-18-26(24,22-13-4-2-5-14-22)23-15-6-3-7-16-23/h2-7,9,12-17,19-20,24H,8,10-11,18H2,1H3,(H,28,29)/t20-,24-/m0/s1. The topological polar surface area (TPSA) is 42.0 Å². The minimum atomic E-state index is -0.192. The second-order valence-electron chi connectivity index (χ2n) is 8.12. The summed E-state index contributed by atoms with van der Waals surface area (Å²) in [5.41, 5.74) is 3.52. The Balaban J connectivity index is 1.39. The summed E-state index contributed by atoms with van der Waals surface area (Å²) in [4.78, 5) is 17.3. The number of aromatic nitrogens is 1. The average molecular weight is 385 g/mol. The van der Waals surface area contributed by atoms with Crippen molar-refractivity contribution >= 4 is 5.91 Å². The van der Waals surface area contributed by atoms with Crippen LogP contribution in [0.5, 0.6) is 0 Å². The van der Waals surface area contributed by atoms with Gasteiger partial charge in [-0.1, -0.05) is 66.7 Å². The van der Waals surface area contributed by atoms with Crippen LogP contribution in [0.25, 0.3) is 0 Å². The maximum atomic E-state index is 13.1. The Bertz CT molecular complexity index is 885. The average Bonchev–Trinajstić information content (AvgIpc) is 3.53. The van der Waals surface area contributed by atoms with Crippen molar-refractivity contribution < 1.29 is 4.79 Å². The number of carbonyl (C=O) groups is 1. The van der Waals surface area contributed by atoms with Gasteiger partial charge in [0.25, 0.3) is 0 Å². The molecule has 1 aliphatic carbocycles. The van der Waals surface area contributed by atoms with E-state index in [-0.39, 0.29) is 23.3 Å². The van der Waals surface area contributed by atoms with Crippen LogP contribution < -0.4 is 5.32 Å². The first-order valence-electron chi connectivity index (χ1n) is 10.5. The van der Waals surface area contributed by atoms with E-state index in [2.05, 4.69) is 71.8 Å².